The molecule has 0 amide bonds. The van der Waals surface area contributed by atoms with Gasteiger partial charge in [0.2, 0.25) is 0 Å². The van der Waals surface area contributed by atoms with Crippen LogP contribution < -0.4 is 26.6 Å². The molecule has 2 aromatic carbocycles. The Morgan fingerprint density at radius 3 is 2.52 bits per heavy atom. The zero-order chi connectivity index (χ0) is 15.8. The molecule has 0 unspecified atom stereocenters. The Morgan fingerprint density at radius 1 is 1.09 bits per heavy atom. The van der Waals surface area contributed by atoms with Gasteiger partial charge in [0, 0.05) is 24.5 Å². The number of nitrogen functional groups attached to an aromatic ring is 1. The van der Waals surface area contributed by atoms with Crippen LogP contribution in [0.25, 0.3) is 0 Å². The number of rotatable bonds is 2. The van der Waals surface area contributed by atoms with Crippen LogP contribution in [0.1, 0.15) is 0 Å². The third kappa shape index (κ3) is 2.71. The highest BCUT2D eigenvalue weighted by molar-refractivity contribution is 6.34. The Balaban J connectivity index is 1.52. The fourth-order valence-electron chi connectivity index (χ4n) is 2.79. The monoisotopic (exact) mass is 330 g/mol. The summed E-state index contributed by atoms with van der Waals surface area (Å²) in [4.78, 5) is 2.31. The van der Waals surface area contributed by atoms with E-state index in [4.69, 9.17) is 22.1 Å². The van der Waals surface area contributed by atoms with Crippen LogP contribution in [0.3, 0.4) is 0 Å². The van der Waals surface area contributed by atoms with Gasteiger partial charge in [0.05, 0.1) is 29.6 Å². The second kappa shape index (κ2) is 5.72. The molecule has 1 saturated heterocycles. The number of ether oxygens (including phenoxy) is 1. The van der Waals surface area contributed by atoms with Crippen molar-refractivity contribution in [3.8, 4) is 0 Å². The Morgan fingerprint density at radius 2 is 1.78 bits per heavy atom. The van der Waals surface area contributed by atoms with Gasteiger partial charge in [0.25, 0.3) is 0 Å². The van der Waals surface area contributed by atoms with Gasteiger partial charge in [0.1, 0.15) is 5.69 Å². The predicted octanol–water partition coefficient (Wildman–Crippen LogP) is 2.76. The van der Waals surface area contributed by atoms with Crippen LogP contribution in [-0.4, -0.2) is 26.3 Å². The second-order valence-corrected chi connectivity index (χ2v) is 5.95. The van der Waals surface area contributed by atoms with E-state index in [9.17, 15) is 0 Å². The topological polar surface area (TPSA) is 67.9 Å². The molecule has 0 saturated carbocycles. The Kier molecular flexibility index (Phi) is 3.55. The molecule has 2 aliphatic heterocycles. The van der Waals surface area contributed by atoms with Crippen molar-refractivity contribution in [1.82, 2.24) is 5.43 Å². The van der Waals surface area contributed by atoms with E-state index in [2.05, 4.69) is 27.9 Å². The fourth-order valence-corrected chi connectivity index (χ4v) is 3.06. The number of nitrogens with two attached hydrogens (primary N) is 1. The summed E-state index contributed by atoms with van der Waals surface area (Å²) in [6.07, 6.45) is 0. The summed E-state index contributed by atoms with van der Waals surface area (Å²) in [5, 5.41) is 2.25. The normalized spacial score (nSPS) is 16.7. The number of morpholine rings is 1. The van der Waals surface area contributed by atoms with Crippen LogP contribution in [0.15, 0.2) is 36.4 Å². The molecule has 7 heteroatoms. The van der Waals surface area contributed by atoms with E-state index in [1.165, 1.54) is 5.69 Å². The number of hydrogen-bond donors (Lipinski definition) is 2. The molecule has 119 valence electrons. The van der Waals surface area contributed by atoms with Crippen LogP contribution in [0.4, 0.5) is 28.4 Å². The van der Waals surface area contributed by atoms with Crippen molar-refractivity contribution in [3.05, 3.63) is 41.4 Å². The third-order valence-electron chi connectivity index (χ3n) is 3.98. The zero-order valence-electron chi connectivity index (χ0n) is 12.5. The number of fused-ring (bicyclic) bond motifs is 1. The maximum atomic E-state index is 6.20. The molecule has 0 spiro atoms. The number of hydrazine groups is 1. The van der Waals surface area contributed by atoms with Crippen molar-refractivity contribution in [1.29, 1.82) is 0 Å². The summed E-state index contributed by atoms with van der Waals surface area (Å²) in [5.74, 6) is 0. The van der Waals surface area contributed by atoms with Crippen molar-refractivity contribution in [3.63, 3.8) is 0 Å². The SMILES string of the molecule is Nc1cc(Cl)c2c(c1)NN(c1ccc(N3CCOCC3)cc1)[N]2. The molecule has 6 nitrogen and oxygen atoms in total. The molecule has 4 rings (SSSR count). The lowest BCUT2D eigenvalue weighted by molar-refractivity contribution is 0.122. The molecule has 23 heavy (non-hydrogen) atoms. The van der Waals surface area contributed by atoms with Gasteiger partial charge < -0.3 is 15.4 Å². The van der Waals surface area contributed by atoms with E-state index in [1.54, 1.807) is 11.2 Å². The van der Waals surface area contributed by atoms with E-state index in [0.29, 0.717) is 16.4 Å². The first-order valence-corrected chi connectivity index (χ1v) is 7.89. The van der Waals surface area contributed by atoms with Crippen molar-refractivity contribution in [2.45, 2.75) is 0 Å². The van der Waals surface area contributed by atoms with Crippen molar-refractivity contribution >= 4 is 40.0 Å². The number of nitrogens with zero attached hydrogens (tertiary/aromatic N) is 3. The predicted molar refractivity (Wildman–Crippen MR) is 93.2 cm³/mol. The van der Waals surface area contributed by atoms with Crippen molar-refractivity contribution < 1.29 is 4.74 Å². The maximum absolute atomic E-state index is 6.20. The third-order valence-corrected chi connectivity index (χ3v) is 4.27. The van der Waals surface area contributed by atoms with Crippen LogP contribution in [0, 0.1) is 0 Å². The Labute approximate surface area is 139 Å². The van der Waals surface area contributed by atoms with E-state index in [-0.39, 0.29) is 0 Å². The largest absolute Gasteiger partial charge is 0.399 e. The van der Waals surface area contributed by atoms with Gasteiger partial charge in [-0.3, -0.25) is 5.43 Å². The summed E-state index contributed by atoms with van der Waals surface area (Å²) in [6, 6.07) is 11.8. The highest BCUT2D eigenvalue weighted by Gasteiger charge is 2.23. The van der Waals surface area contributed by atoms with Crippen LogP contribution >= 0.6 is 11.6 Å². The minimum atomic E-state index is 0.542. The molecule has 0 aliphatic carbocycles. The number of nitrogens with one attached hydrogen (secondary N) is 1. The molecule has 1 fully saturated rings. The van der Waals surface area contributed by atoms with Gasteiger partial charge >= 0.3 is 0 Å². The van der Waals surface area contributed by atoms with Gasteiger partial charge in [-0.1, -0.05) is 11.6 Å². The molecule has 0 bridgehead atoms. The lowest BCUT2D eigenvalue weighted by Gasteiger charge is -2.29. The number of hydrogen-bond acceptors (Lipinski definition) is 5. The molecular formula is C16H17ClN5O. The van der Waals surface area contributed by atoms with Gasteiger partial charge in [-0.15, -0.1) is 5.43 Å². The highest BCUT2D eigenvalue weighted by Crippen LogP contribution is 2.39. The fraction of sp³-hybridized carbons (Fsp3) is 0.250. The minimum absolute atomic E-state index is 0.542. The first-order valence-electron chi connectivity index (χ1n) is 7.51. The summed E-state index contributed by atoms with van der Waals surface area (Å²) >= 11 is 6.20. The van der Waals surface area contributed by atoms with E-state index in [0.717, 1.165) is 37.7 Å². The maximum Gasteiger partial charge on any atom is 0.129 e. The second-order valence-electron chi connectivity index (χ2n) is 5.54. The Bertz CT molecular complexity index is 715. The van der Waals surface area contributed by atoms with Crippen LogP contribution in [-0.2, 0) is 4.74 Å². The van der Waals surface area contributed by atoms with Gasteiger partial charge in [0.15, 0.2) is 0 Å². The van der Waals surface area contributed by atoms with Crippen LogP contribution in [0.5, 0.6) is 0 Å². The molecule has 2 heterocycles. The molecule has 0 atom stereocenters. The van der Waals surface area contributed by atoms with Crippen LogP contribution in [0.2, 0.25) is 5.02 Å². The molecule has 0 aromatic heterocycles. The average molecular weight is 331 g/mol. The molecule has 1 radical (unpaired) electrons. The molecule has 3 N–H and O–H groups in total. The lowest BCUT2D eigenvalue weighted by atomic mass is 10.2. The van der Waals surface area contributed by atoms with E-state index in [1.807, 2.05) is 18.2 Å². The van der Waals surface area contributed by atoms with E-state index < -0.39 is 0 Å². The van der Waals surface area contributed by atoms with Crippen molar-refractivity contribution in [2.24, 2.45) is 0 Å². The molecular weight excluding hydrogens is 314 g/mol. The number of benzene rings is 2. The Hall–Kier alpha value is -2.31. The standard InChI is InChI=1S/C16H17ClN5O/c17-14-9-11(18)10-15-16(14)20-22(19-15)13-3-1-12(2-4-13)21-5-7-23-8-6-21/h1-4,9-10,19H,5-8,18H2. The smallest absolute Gasteiger partial charge is 0.129 e. The first kappa shape index (κ1) is 14.3. The van der Waals surface area contributed by atoms with E-state index >= 15 is 0 Å². The average Bonchev–Trinajstić information content (AvgIpc) is 3.00. The number of halogens is 1. The summed E-state index contributed by atoms with van der Waals surface area (Å²) in [5.41, 5.74) is 17.8. The quantitative estimate of drug-likeness (QED) is 0.829. The minimum Gasteiger partial charge on any atom is -0.399 e. The molecule has 2 aromatic rings. The summed E-state index contributed by atoms with van der Waals surface area (Å²) in [7, 11) is 0. The van der Waals surface area contributed by atoms with Gasteiger partial charge in [-0.05, 0) is 36.4 Å². The van der Waals surface area contributed by atoms with Gasteiger partial charge in [-0.25, -0.2) is 0 Å². The first-order chi connectivity index (χ1) is 11.2. The lowest BCUT2D eigenvalue weighted by Crippen LogP contribution is -2.36. The molecule has 2 aliphatic rings. The van der Waals surface area contributed by atoms with Crippen molar-refractivity contribution in [2.75, 3.05) is 47.5 Å². The highest BCUT2D eigenvalue weighted by atomic mass is 35.5. The summed E-state index contributed by atoms with van der Waals surface area (Å²) < 4.78 is 5.39. The zero-order valence-corrected chi connectivity index (χ0v) is 13.3. The van der Waals surface area contributed by atoms with Gasteiger partial charge in [-0.2, -0.15) is 5.12 Å². The summed E-state index contributed by atoms with van der Waals surface area (Å²) in [6.45, 7) is 3.40. The number of anilines is 4.